The molecule has 2 aromatic carbocycles. The van der Waals surface area contributed by atoms with Gasteiger partial charge >= 0.3 is 0 Å². The summed E-state index contributed by atoms with van der Waals surface area (Å²) in [6.45, 7) is 1.98. The lowest BCUT2D eigenvalue weighted by atomic mass is 10.2. The number of rotatable bonds is 6. The third kappa shape index (κ3) is 4.78. The number of halogens is 1. The molecular weight excluding hydrogens is 347 g/mol. The predicted molar refractivity (Wildman–Crippen MR) is 101 cm³/mol. The highest BCUT2D eigenvalue weighted by atomic mass is 19.1. The first-order chi connectivity index (χ1) is 13.0. The van der Waals surface area contributed by atoms with Crippen molar-refractivity contribution in [2.24, 2.45) is 0 Å². The van der Waals surface area contributed by atoms with Gasteiger partial charge in [0.05, 0.1) is 7.11 Å². The van der Waals surface area contributed by atoms with Crippen LogP contribution in [-0.2, 0) is 6.54 Å². The maximum Gasteiger partial charge on any atom is 0.274 e. The van der Waals surface area contributed by atoms with Gasteiger partial charge in [0, 0.05) is 23.5 Å². The van der Waals surface area contributed by atoms with Crippen LogP contribution in [0.1, 0.15) is 21.7 Å². The molecule has 0 radical (unpaired) electrons. The Balaban J connectivity index is 1.71. The summed E-state index contributed by atoms with van der Waals surface area (Å²) in [4.78, 5) is 21.0. The third-order valence-corrected chi connectivity index (χ3v) is 3.83. The third-order valence-electron chi connectivity index (χ3n) is 3.83. The van der Waals surface area contributed by atoms with Crippen LogP contribution in [0.4, 0.5) is 16.0 Å². The second-order valence-corrected chi connectivity index (χ2v) is 5.85. The van der Waals surface area contributed by atoms with E-state index >= 15 is 0 Å². The van der Waals surface area contributed by atoms with E-state index in [4.69, 9.17) is 4.74 Å². The number of ether oxygens (including phenoxy) is 1. The van der Waals surface area contributed by atoms with Gasteiger partial charge in [-0.2, -0.15) is 0 Å². The van der Waals surface area contributed by atoms with Crippen LogP contribution in [-0.4, -0.2) is 23.0 Å². The quantitative estimate of drug-likeness (QED) is 0.694. The number of anilines is 2. The summed E-state index contributed by atoms with van der Waals surface area (Å²) in [5.74, 6) is 0.290. The van der Waals surface area contributed by atoms with E-state index in [0.717, 1.165) is 0 Å². The zero-order valence-electron chi connectivity index (χ0n) is 15.0. The number of hydrogen-bond acceptors (Lipinski definition) is 5. The van der Waals surface area contributed by atoms with Gasteiger partial charge in [-0.15, -0.1) is 0 Å². The molecular formula is C20H19FN4O2. The predicted octanol–water partition coefficient (Wildman–Crippen LogP) is 3.80. The molecule has 0 bridgehead atoms. The highest BCUT2D eigenvalue weighted by Gasteiger charge is 2.11. The van der Waals surface area contributed by atoms with Crippen molar-refractivity contribution in [3.8, 4) is 5.75 Å². The summed E-state index contributed by atoms with van der Waals surface area (Å²) >= 11 is 0. The Kier molecular flexibility index (Phi) is 5.61. The lowest BCUT2D eigenvalue weighted by Crippen LogP contribution is -2.16. The molecule has 1 amide bonds. The summed E-state index contributed by atoms with van der Waals surface area (Å²) in [7, 11) is 1.58. The Morgan fingerprint density at radius 3 is 2.56 bits per heavy atom. The number of nitrogens with one attached hydrogen (secondary N) is 2. The maximum atomic E-state index is 13.7. The van der Waals surface area contributed by atoms with Crippen LogP contribution in [0.2, 0.25) is 0 Å². The van der Waals surface area contributed by atoms with Crippen molar-refractivity contribution in [3.63, 3.8) is 0 Å². The summed E-state index contributed by atoms with van der Waals surface area (Å²) in [6, 6.07) is 15.0. The van der Waals surface area contributed by atoms with Crippen LogP contribution in [0, 0.1) is 12.7 Å². The largest absolute Gasteiger partial charge is 0.497 e. The van der Waals surface area contributed by atoms with Gasteiger partial charge in [0.2, 0.25) is 5.95 Å². The molecule has 6 nitrogen and oxygen atoms in total. The zero-order valence-corrected chi connectivity index (χ0v) is 15.0. The van der Waals surface area contributed by atoms with Gasteiger partial charge in [0.1, 0.15) is 17.3 Å². The molecule has 0 unspecified atom stereocenters. The average molecular weight is 366 g/mol. The molecule has 3 rings (SSSR count). The Bertz CT molecular complexity index is 945. The smallest absolute Gasteiger partial charge is 0.274 e. The molecule has 1 aromatic heterocycles. The van der Waals surface area contributed by atoms with E-state index in [1.54, 1.807) is 62.6 Å². The first-order valence-corrected chi connectivity index (χ1v) is 8.33. The van der Waals surface area contributed by atoms with Crippen molar-refractivity contribution >= 4 is 17.5 Å². The number of nitrogens with zero attached hydrogens (tertiary/aromatic N) is 2. The van der Waals surface area contributed by atoms with Gasteiger partial charge in [-0.3, -0.25) is 4.79 Å². The van der Waals surface area contributed by atoms with Crippen molar-refractivity contribution < 1.29 is 13.9 Å². The number of aromatic nitrogens is 2. The van der Waals surface area contributed by atoms with E-state index in [1.807, 2.05) is 0 Å². The molecule has 0 aliphatic carbocycles. The van der Waals surface area contributed by atoms with Crippen molar-refractivity contribution in [1.29, 1.82) is 0 Å². The molecule has 0 aliphatic rings. The molecule has 0 saturated heterocycles. The number of methoxy groups -OCH3 is 1. The van der Waals surface area contributed by atoms with E-state index in [-0.39, 0.29) is 29.9 Å². The minimum absolute atomic E-state index is 0.217. The van der Waals surface area contributed by atoms with Crippen molar-refractivity contribution in [2.75, 3.05) is 17.7 Å². The Hall–Kier alpha value is -3.48. The summed E-state index contributed by atoms with van der Waals surface area (Å²) < 4.78 is 18.8. The summed E-state index contributed by atoms with van der Waals surface area (Å²) in [5, 5.41) is 5.73. The van der Waals surface area contributed by atoms with Crippen molar-refractivity contribution in [1.82, 2.24) is 9.97 Å². The van der Waals surface area contributed by atoms with Gasteiger partial charge in [-0.1, -0.05) is 18.2 Å². The fourth-order valence-corrected chi connectivity index (χ4v) is 2.45. The highest BCUT2D eigenvalue weighted by Crippen LogP contribution is 2.16. The lowest BCUT2D eigenvalue weighted by molar-refractivity contribution is 0.102. The van der Waals surface area contributed by atoms with Gasteiger partial charge < -0.3 is 15.4 Å². The molecule has 1 heterocycles. The number of benzene rings is 2. The number of carbonyl (C=O) groups excluding carboxylic acids is 1. The second kappa shape index (κ2) is 8.27. The van der Waals surface area contributed by atoms with E-state index in [1.165, 1.54) is 6.07 Å². The van der Waals surface area contributed by atoms with Crippen LogP contribution in [0.15, 0.2) is 54.6 Å². The van der Waals surface area contributed by atoms with E-state index in [9.17, 15) is 9.18 Å². The number of aryl methyl sites for hydroxylation is 1. The van der Waals surface area contributed by atoms with Gasteiger partial charge in [-0.25, -0.2) is 14.4 Å². The first kappa shape index (κ1) is 18.3. The van der Waals surface area contributed by atoms with E-state index in [2.05, 4.69) is 20.6 Å². The topological polar surface area (TPSA) is 76.1 Å². The molecule has 0 aliphatic heterocycles. The Labute approximate surface area is 156 Å². The summed E-state index contributed by atoms with van der Waals surface area (Å²) in [5.41, 5.74) is 1.96. The lowest BCUT2D eigenvalue weighted by Gasteiger charge is -2.10. The van der Waals surface area contributed by atoms with Crippen LogP contribution < -0.4 is 15.4 Å². The summed E-state index contributed by atoms with van der Waals surface area (Å²) in [6.07, 6.45) is 0. The molecule has 0 atom stereocenters. The van der Waals surface area contributed by atoms with Crippen LogP contribution in [0.5, 0.6) is 5.75 Å². The SMILES string of the molecule is COc1ccc(NC(=O)c2cc(C)nc(NCc3ccccc3F)n2)cc1. The molecule has 138 valence electrons. The normalized spacial score (nSPS) is 10.3. The van der Waals surface area contributed by atoms with E-state index < -0.39 is 0 Å². The molecule has 0 saturated carbocycles. The van der Waals surface area contributed by atoms with Crippen LogP contribution in [0.3, 0.4) is 0 Å². The van der Waals surface area contributed by atoms with Gasteiger partial charge in [-0.05, 0) is 43.3 Å². The fourth-order valence-electron chi connectivity index (χ4n) is 2.45. The minimum atomic E-state index is -0.361. The van der Waals surface area contributed by atoms with Crippen molar-refractivity contribution in [2.45, 2.75) is 13.5 Å². The minimum Gasteiger partial charge on any atom is -0.497 e. The molecule has 3 aromatic rings. The highest BCUT2D eigenvalue weighted by molar-refractivity contribution is 6.03. The number of hydrogen-bond donors (Lipinski definition) is 2. The van der Waals surface area contributed by atoms with Gasteiger partial charge in [0.25, 0.3) is 5.91 Å². The van der Waals surface area contributed by atoms with Crippen LogP contribution >= 0.6 is 0 Å². The second-order valence-electron chi connectivity index (χ2n) is 5.85. The number of carbonyl (C=O) groups is 1. The molecule has 27 heavy (non-hydrogen) atoms. The first-order valence-electron chi connectivity index (χ1n) is 8.33. The monoisotopic (exact) mass is 366 g/mol. The standard InChI is InChI=1S/C20H19FN4O2/c1-13-11-18(19(26)24-15-7-9-16(27-2)10-8-15)25-20(23-13)22-12-14-5-3-4-6-17(14)21/h3-11H,12H2,1-2H3,(H,24,26)(H,22,23,25). The molecule has 2 N–H and O–H groups in total. The Morgan fingerprint density at radius 1 is 1.11 bits per heavy atom. The van der Waals surface area contributed by atoms with Crippen LogP contribution in [0.25, 0.3) is 0 Å². The average Bonchev–Trinajstić information content (AvgIpc) is 2.67. The molecule has 0 fully saturated rings. The fraction of sp³-hybridized carbons (Fsp3) is 0.150. The zero-order chi connectivity index (χ0) is 19.2. The molecule has 7 heteroatoms. The molecule has 0 spiro atoms. The number of amides is 1. The van der Waals surface area contributed by atoms with Gasteiger partial charge in [0.15, 0.2) is 0 Å². The maximum absolute atomic E-state index is 13.7. The van der Waals surface area contributed by atoms with E-state index in [0.29, 0.717) is 22.7 Å². The van der Waals surface area contributed by atoms with Crippen molar-refractivity contribution in [3.05, 3.63) is 77.4 Å². The Morgan fingerprint density at radius 2 is 1.85 bits per heavy atom.